The van der Waals surface area contributed by atoms with Gasteiger partial charge in [0.25, 0.3) is 0 Å². The second kappa shape index (κ2) is 4.99. The third-order valence-corrected chi connectivity index (χ3v) is 5.15. The minimum Gasteiger partial charge on any atom is -0.486 e. The van der Waals surface area contributed by atoms with Crippen LogP contribution >= 0.6 is 0 Å². The van der Waals surface area contributed by atoms with Crippen LogP contribution in [-0.2, 0) is 10.0 Å². The molecule has 0 saturated carbocycles. The molecule has 1 N–H and O–H groups in total. The van der Waals surface area contributed by atoms with Crippen molar-refractivity contribution in [3.63, 3.8) is 0 Å². The molecule has 2 heterocycles. The van der Waals surface area contributed by atoms with Crippen molar-refractivity contribution >= 4 is 10.0 Å². The number of hydrogen-bond donors (Lipinski definition) is 1. The Labute approximate surface area is 112 Å². The second-order valence-electron chi connectivity index (χ2n) is 4.43. The van der Waals surface area contributed by atoms with Crippen LogP contribution in [0.2, 0.25) is 0 Å². The molecule has 2 aliphatic heterocycles. The summed E-state index contributed by atoms with van der Waals surface area (Å²) in [6.45, 7) is 3.13. The minimum absolute atomic E-state index is 0.201. The van der Waals surface area contributed by atoms with Crippen molar-refractivity contribution in [1.29, 1.82) is 0 Å². The summed E-state index contributed by atoms with van der Waals surface area (Å²) in [5, 5.41) is 3.14. The predicted octanol–water partition coefficient (Wildman–Crippen LogP) is 0.0517. The van der Waals surface area contributed by atoms with Crippen LogP contribution in [0.5, 0.6) is 11.5 Å². The number of para-hydroxylation sites is 1. The van der Waals surface area contributed by atoms with E-state index in [0.29, 0.717) is 50.9 Å². The molecule has 0 radical (unpaired) electrons. The van der Waals surface area contributed by atoms with Crippen molar-refractivity contribution in [1.82, 2.24) is 9.62 Å². The summed E-state index contributed by atoms with van der Waals surface area (Å²) in [5.41, 5.74) is 0. The molecule has 0 aliphatic carbocycles. The lowest BCUT2D eigenvalue weighted by atomic mass is 10.3. The van der Waals surface area contributed by atoms with Gasteiger partial charge in [-0.25, -0.2) is 8.42 Å². The molecule has 0 atom stereocenters. The lowest BCUT2D eigenvalue weighted by Gasteiger charge is -2.28. The van der Waals surface area contributed by atoms with Crippen molar-refractivity contribution in [2.75, 3.05) is 39.4 Å². The van der Waals surface area contributed by atoms with Gasteiger partial charge in [0.15, 0.2) is 11.5 Å². The zero-order valence-corrected chi connectivity index (χ0v) is 11.3. The fraction of sp³-hybridized carbons (Fsp3) is 0.500. The first-order valence-electron chi connectivity index (χ1n) is 6.29. The number of rotatable bonds is 2. The van der Waals surface area contributed by atoms with Crippen LogP contribution in [0.1, 0.15) is 0 Å². The van der Waals surface area contributed by atoms with Gasteiger partial charge in [-0.2, -0.15) is 4.31 Å². The van der Waals surface area contributed by atoms with Gasteiger partial charge in [0, 0.05) is 26.2 Å². The molecule has 1 aromatic carbocycles. The van der Waals surface area contributed by atoms with Crippen molar-refractivity contribution in [2.45, 2.75) is 4.90 Å². The minimum atomic E-state index is -3.52. The number of nitrogens with one attached hydrogen (secondary N) is 1. The zero-order valence-electron chi connectivity index (χ0n) is 10.5. The Kier molecular flexibility index (Phi) is 3.34. The number of ether oxygens (including phenoxy) is 2. The molecule has 6 nitrogen and oxygen atoms in total. The number of benzene rings is 1. The van der Waals surface area contributed by atoms with E-state index in [2.05, 4.69) is 5.32 Å². The molecule has 1 aromatic rings. The second-order valence-corrected chi connectivity index (χ2v) is 6.34. The summed E-state index contributed by atoms with van der Waals surface area (Å²) >= 11 is 0. The maximum atomic E-state index is 12.6. The maximum absolute atomic E-state index is 12.6. The summed E-state index contributed by atoms with van der Waals surface area (Å²) < 4.78 is 37.6. The molecule has 0 spiro atoms. The van der Waals surface area contributed by atoms with E-state index < -0.39 is 10.0 Å². The van der Waals surface area contributed by atoms with Gasteiger partial charge in [0.1, 0.15) is 18.1 Å². The highest BCUT2D eigenvalue weighted by Crippen LogP contribution is 2.37. The van der Waals surface area contributed by atoms with Gasteiger partial charge >= 0.3 is 0 Å². The number of fused-ring (bicyclic) bond motifs is 1. The molecular weight excluding hydrogens is 268 g/mol. The normalized spacial score (nSPS) is 20.2. The highest BCUT2D eigenvalue weighted by Gasteiger charge is 2.31. The number of sulfonamides is 1. The Hall–Kier alpha value is -1.31. The molecule has 104 valence electrons. The van der Waals surface area contributed by atoms with E-state index in [0.717, 1.165) is 0 Å². The molecule has 19 heavy (non-hydrogen) atoms. The first-order valence-corrected chi connectivity index (χ1v) is 7.73. The van der Waals surface area contributed by atoms with Crippen LogP contribution in [0.15, 0.2) is 23.1 Å². The topological polar surface area (TPSA) is 67.9 Å². The van der Waals surface area contributed by atoms with E-state index in [4.69, 9.17) is 9.47 Å². The van der Waals surface area contributed by atoms with E-state index >= 15 is 0 Å². The predicted molar refractivity (Wildman–Crippen MR) is 69.1 cm³/mol. The largest absolute Gasteiger partial charge is 0.486 e. The molecule has 3 rings (SSSR count). The number of hydrogen-bond acceptors (Lipinski definition) is 5. The van der Waals surface area contributed by atoms with Crippen molar-refractivity contribution < 1.29 is 17.9 Å². The number of piperazine rings is 1. The van der Waals surface area contributed by atoms with Gasteiger partial charge in [-0.3, -0.25) is 0 Å². The Morgan fingerprint density at radius 1 is 1.11 bits per heavy atom. The van der Waals surface area contributed by atoms with Crippen LogP contribution in [-0.4, -0.2) is 52.1 Å². The van der Waals surface area contributed by atoms with Crippen LogP contribution in [0, 0.1) is 0 Å². The van der Waals surface area contributed by atoms with E-state index in [1.807, 2.05) is 0 Å². The van der Waals surface area contributed by atoms with E-state index in [1.165, 1.54) is 4.31 Å². The Balaban J connectivity index is 2.01. The molecule has 1 fully saturated rings. The average molecular weight is 284 g/mol. The smallest absolute Gasteiger partial charge is 0.246 e. The quantitative estimate of drug-likeness (QED) is 0.831. The summed E-state index contributed by atoms with van der Waals surface area (Å²) in [7, 11) is -3.52. The average Bonchev–Trinajstić information content (AvgIpc) is 2.47. The molecule has 0 amide bonds. The summed E-state index contributed by atoms with van der Waals surface area (Å²) in [6, 6.07) is 4.98. The highest BCUT2D eigenvalue weighted by atomic mass is 32.2. The summed E-state index contributed by atoms with van der Waals surface area (Å²) in [5.74, 6) is 0.842. The molecule has 0 bridgehead atoms. The van der Waals surface area contributed by atoms with E-state index in [-0.39, 0.29) is 4.90 Å². The van der Waals surface area contributed by atoms with Crippen LogP contribution in [0.25, 0.3) is 0 Å². The Morgan fingerprint density at radius 2 is 1.84 bits per heavy atom. The first-order chi connectivity index (χ1) is 9.19. The highest BCUT2D eigenvalue weighted by molar-refractivity contribution is 7.89. The lowest BCUT2D eigenvalue weighted by Crippen LogP contribution is -2.46. The van der Waals surface area contributed by atoms with E-state index in [9.17, 15) is 8.42 Å². The third-order valence-electron chi connectivity index (χ3n) is 3.22. The summed E-state index contributed by atoms with van der Waals surface area (Å²) in [4.78, 5) is 0.201. The fourth-order valence-corrected chi connectivity index (χ4v) is 3.86. The van der Waals surface area contributed by atoms with Crippen LogP contribution < -0.4 is 14.8 Å². The third kappa shape index (κ3) is 2.29. The first kappa shape index (κ1) is 12.7. The lowest BCUT2D eigenvalue weighted by molar-refractivity contribution is 0.166. The van der Waals surface area contributed by atoms with Crippen LogP contribution in [0.3, 0.4) is 0 Å². The van der Waals surface area contributed by atoms with E-state index in [1.54, 1.807) is 18.2 Å². The van der Waals surface area contributed by atoms with Crippen molar-refractivity contribution in [2.24, 2.45) is 0 Å². The van der Waals surface area contributed by atoms with Crippen molar-refractivity contribution in [3.8, 4) is 11.5 Å². The molecular formula is C12H16N2O4S. The van der Waals surface area contributed by atoms with Gasteiger partial charge < -0.3 is 14.8 Å². The van der Waals surface area contributed by atoms with Gasteiger partial charge in [-0.15, -0.1) is 0 Å². The maximum Gasteiger partial charge on any atom is 0.246 e. The number of nitrogens with zero attached hydrogens (tertiary/aromatic N) is 1. The molecule has 0 aromatic heterocycles. The molecule has 7 heteroatoms. The van der Waals surface area contributed by atoms with Gasteiger partial charge in [-0.1, -0.05) is 6.07 Å². The zero-order chi connectivity index (χ0) is 13.3. The van der Waals surface area contributed by atoms with Crippen LogP contribution in [0.4, 0.5) is 0 Å². The Morgan fingerprint density at radius 3 is 2.63 bits per heavy atom. The standard InChI is InChI=1S/C12H16N2O4S/c15-19(16,14-6-4-13-5-7-14)11-3-1-2-10-12(11)18-9-8-17-10/h1-3,13H,4-9H2. The molecule has 1 saturated heterocycles. The Bertz CT molecular complexity index is 567. The monoisotopic (exact) mass is 284 g/mol. The summed E-state index contributed by atoms with van der Waals surface area (Å²) in [6.07, 6.45) is 0. The molecule has 2 aliphatic rings. The molecule has 0 unspecified atom stereocenters. The van der Waals surface area contributed by atoms with Gasteiger partial charge in [0.05, 0.1) is 0 Å². The van der Waals surface area contributed by atoms with Gasteiger partial charge in [-0.05, 0) is 12.1 Å². The van der Waals surface area contributed by atoms with Gasteiger partial charge in [0.2, 0.25) is 10.0 Å². The SMILES string of the molecule is O=S(=O)(c1cccc2c1OCCO2)N1CCNCC1. The fourth-order valence-electron chi connectivity index (χ4n) is 2.27. The van der Waals surface area contributed by atoms with Crippen molar-refractivity contribution in [3.05, 3.63) is 18.2 Å².